The molecule has 0 amide bonds. The highest BCUT2D eigenvalue weighted by Gasteiger charge is 2.20. The number of hydrogen-bond acceptors (Lipinski definition) is 5. The molecule has 2 rings (SSSR count). The molecule has 1 aromatic heterocycles. The monoisotopic (exact) mass is 289 g/mol. The Bertz CT molecular complexity index is 525. The number of aromatic nitrogens is 2. The molecule has 0 aliphatic rings. The molecule has 5 nitrogen and oxygen atoms in total. The molecule has 21 heavy (non-hydrogen) atoms. The Labute approximate surface area is 125 Å². The van der Waals surface area contributed by atoms with E-state index in [4.69, 9.17) is 9.26 Å². The Kier molecular flexibility index (Phi) is 5.90. The molecule has 1 unspecified atom stereocenters. The van der Waals surface area contributed by atoms with Crippen LogP contribution in [0.1, 0.15) is 44.2 Å². The van der Waals surface area contributed by atoms with Crippen molar-refractivity contribution in [2.45, 2.75) is 33.4 Å². The fourth-order valence-electron chi connectivity index (χ4n) is 2.03. The van der Waals surface area contributed by atoms with E-state index in [0.717, 1.165) is 12.1 Å². The van der Waals surface area contributed by atoms with Gasteiger partial charge in [-0.1, -0.05) is 49.3 Å². The van der Waals surface area contributed by atoms with E-state index in [2.05, 4.69) is 29.3 Å². The highest BCUT2D eigenvalue weighted by Crippen LogP contribution is 2.23. The summed E-state index contributed by atoms with van der Waals surface area (Å²) in [5, 5.41) is 7.35. The standard InChI is InChI=1S/C16H23N3O2/c1-4-20-15(13-8-6-5-7-9-13)16-18-14(21-19-16)11-17-10-12(2)3/h5-9,12,15,17H,4,10-11H2,1-3H3. The topological polar surface area (TPSA) is 60.2 Å². The highest BCUT2D eigenvalue weighted by atomic mass is 16.5. The molecule has 0 saturated heterocycles. The van der Waals surface area contributed by atoms with Crippen LogP contribution in [0.4, 0.5) is 0 Å². The van der Waals surface area contributed by atoms with Gasteiger partial charge in [-0.05, 0) is 24.9 Å². The second-order valence-electron chi connectivity index (χ2n) is 5.32. The third-order valence-electron chi connectivity index (χ3n) is 2.98. The zero-order valence-corrected chi connectivity index (χ0v) is 12.9. The van der Waals surface area contributed by atoms with Gasteiger partial charge in [-0.3, -0.25) is 0 Å². The summed E-state index contributed by atoms with van der Waals surface area (Å²) >= 11 is 0. The summed E-state index contributed by atoms with van der Waals surface area (Å²) in [6, 6.07) is 9.95. The molecule has 1 heterocycles. The second-order valence-corrected chi connectivity index (χ2v) is 5.32. The first-order valence-corrected chi connectivity index (χ1v) is 7.40. The number of rotatable bonds is 8. The molecule has 2 aromatic rings. The lowest BCUT2D eigenvalue weighted by Crippen LogP contribution is -2.19. The van der Waals surface area contributed by atoms with Gasteiger partial charge in [0.05, 0.1) is 6.54 Å². The van der Waals surface area contributed by atoms with Crippen molar-refractivity contribution in [3.8, 4) is 0 Å². The van der Waals surface area contributed by atoms with Gasteiger partial charge in [0.15, 0.2) is 0 Å². The Balaban J connectivity index is 2.06. The van der Waals surface area contributed by atoms with E-state index < -0.39 is 0 Å². The number of nitrogens with one attached hydrogen (secondary N) is 1. The van der Waals surface area contributed by atoms with Crippen molar-refractivity contribution in [2.75, 3.05) is 13.2 Å². The molecule has 1 atom stereocenters. The molecule has 0 spiro atoms. The van der Waals surface area contributed by atoms with Gasteiger partial charge in [-0.25, -0.2) is 0 Å². The van der Waals surface area contributed by atoms with Crippen LogP contribution in [0.25, 0.3) is 0 Å². The van der Waals surface area contributed by atoms with E-state index in [-0.39, 0.29) is 6.10 Å². The second kappa shape index (κ2) is 7.90. The van der Waals surface area contributed by atoms with Gasteiger partial charge in [-0.15, -0.1) is 0 Å². The molecule has 114 valence electrons. The summed E-state index contributed by atoms with van der Waals surface area (Å²) in [6.45, 7) is 8.37. The molecule has 0 saturated carbocycles. The minimum absolute atomic E-state index is 0.279. The van der Waals surface area contributed by atoms with E-state index in [1.54, 1.807) is 0 Å². The molecule has 0 fully saturated rings. The average Bonchev–Trinajstić information content (AvgIpc) is 2.94. The Morgan fingerprint density at radius 1 is 1.24 bits per heavy atom. The lowest BCUT2D eigenvalue weighted by molar-refractivity contribution is 0.0833. The molecular weight excluding hydrogens is 266 g/mol. The molecule has 0 radical (unpaired) electrons. The predicted molar refractivity (Wildman–Crippen MR) is 80.8 cm³/mol. The van der Waals surface area contributed by atoms with Gasteiger partial charge < -0.3 is 14.6 Å². The summed E-state index contributed by atoms with van der Waals surface area (Å²) in [5.41, 5.74) is 1.03. The highest BCUT2D eigenvalue weighted by molar-refractivity contribution is 5.22. The van der Waals surface area contributed by atoms with E-state index in [9.17, 15) is 0 Å². The first-order chi connectivity index (χ1) is 10.2. The zero-order chi connectivity index (χ0) is 15.1. The molecule has 1 N–H and O–H groups in total. The van der Waals surface area contributed by atoms with Crippen LogP contribution in [-0.2, 0) is 11.3 Å². The van der Waals surface area contributed by atoms with Gasteiger partial charge in [0.2, 0.25) is 11.7 Å². The molecule has 0 bridgehead atoms. The maximum atomic E-state index is 5.76. The van der Waals surface area contributed by atoms with Crippen molar-refractivity contribution >= 4 is 0 Å². The van der Waals surface area contributed by atoms with Crippen molar-refractivity contribution < 1.29 is 9.26 Å². The molecule has 0 aliphatic carbocycles. The van der Waals surface area contributed by atoms with Gasteiger partial charge in [0.1, 0.15) is 6.10 Å². The van der Waals surface area contributed by atoms with E-state index >= 15 is 0 Å². The van der Waals surface area contributed by atoms with E-state index in [0.29, 0.717) is 30.8 Å². The lowest BCUT2D eigenvalue weighted by atomic mass is 10.1. The Morgan fingerprint density at radius 2 is 2.00 bits per heavy atom. The average molecular weight is 289 g/mol. The van der Waals surface area contributed by atoms with Crippen LogP contribution in [-0.4, -0.2) is 23.3 Å². The smallest absolute Gasteiger partial charge is 0.240 e. The van der Waals surface area contributed by atoms with Crippen molar-refractivity contribution in [2.24, 2.45) is 5.92 Å². The number of ether oxygens (including phenoxy) is 1. The van der Waals surface area contributed by atoms with Crippen LogP contribution in [0.2, 0.25) is 0 Å². The van der Waals surface area contributed by atoms with E-state index in [1.165, 1.54) is 0 Å². The van der Waals surface area contributed by atoms with Crippen LogP contribution in [0.3, 0.4) is 0 Å². The van der Waals surface area contributed by atoms with Crippen molar-refractivity contribution in [3.63, 3.8) is 0 Å². The normalized spacial score (nSPS) is 12.8. The van der Waals surface area contributed by atoms with Gasteiger partial charge in [-0.2, -0.15) is 4.98 Å². The third-order valence-corrected chi connectivity index (χ3v) is 2.98. The fourth-order valence-corrected chi connectivity index (χ4v) is 2.03. The van der Waals surface area contributed by atoms with Gasteiger partial charge in [0.25, 0.3) is 0 Å². The Hall–Kier alpha value is -1.72. The van der Waals surface area contributed by atoms with Crippen LogP contribution >= 0.6 is 0 Å². The first kappa shape index (κ1) is 15.7. The molecular formula is C16H23N3O2. The number of hydrogen-bond donors (Lipinski definition) is 1. The largest absolute Gasteiger partial charge is 0.366 e. The molecule has 5 heteroatoms. The summed E-state index contributed by atoms with van der Waals surface area (Å²) in [7, 11) is 0. The molecule has 1 aromatic carbocycles. The minimum atomic E-state index is -0.279. The predicted octanol–water partition coefficient (Wildman–Crippen LogP) is 2.94. The summed E-state index contributed by atoms with van der Waals surface area (Å²) in [6.07, 6.45) is -0.279. The SMILES string of the molecule is CCOC(c1ccccc1)c1noc(CNCC(C)C)n1. The van der Waals surface area contributed by atoms with Gasteiger partial charge in [0, 0.05) is 6.61 Å². The van der Waals surface area contributed by atoms with Crippen LogP contribution < -0.4 is 5.32 Å². The fraction of sp³-hybridized carbons (Fsp3) is 0.500. The summed E-state index contributed by atoms with van der Waals surface area (Å²) < 4.78 is 11.1. The maximum Gasteiger partial charge on any atom is 0.240 e. The van der Waals surface area contributed by atoms with E-state index in [1.807, 2.05) is 37.3 Å². The van der Waals surface area contributed by atoms with Crippen molar-refractivity contribution in [1.82, 2.24) is 15.5 Å². The van der Waals surface area contributed by atoms with Crippen LogP contribution in [0, 0.1) is 5.92 Å². The maximum absolute atomic E-state index is 5.76. The van der Waals surface area contributed by atoms with Crippen LogP contribution in [0.5, 0.6) is 0 Å². The zero-order valence-electron chi connectivity index (χ0n) is 12.9. The lowest BCUT2D eigenvalue weighted by Gasteiger charge is -2.13. The summed E-state index contributed by atoms with van der Waals surface area (Å²) in [5.74, 6) is 1.75. The van der Waals surface area contributed by atoms with Crippen LogP contribution in [0.15, 0.2) is 34.9 Å². The minimum Gasteiger partial charge on any atom is -0.366 e. The Morgan fingerprint density at radius 3 is 2.67 bits per heavy atom. The van der Waals surface area contributed by atoms with Crippen molar-refractivity contribution in [1.29, 1.82) is 0 Å². The number of nitrogens with zero attached hydrogens (tertiary/aromatic N) is 2. The number of benzene rings is 1. The van der Waals surface area contributed by atoms with Gasteiger partial charge >= 0.3 is 0 Å². The molecule has 0 aliphatic heterocycles. The summed E-state index contributed by atoms with van der Waals surface area (Å²) in [4.78, 5) is 4.44. The third kappa shape index (κ3) is 4.65. The first-order valence-electron chi connectivity index (χ1n) is 7.40. The van der Waals surface area contributed by atoms with Crippen molar-refractivity contribution in [3.05, 3.63) is 47.6 Å². The quantitative estimate of drug-likeness (QED) is 0.809.